The molecule has 1 atom stereocenters. The third-order valence-corrected chi connectivity index (χ3v) is 3.54. The van der Waals surface area contributed by atoms with E-state index in [0.29, 0.717) is 11.1 Å². The molecule has 1 aliphatic heterocycles. The van der Waals surface area contributed by atoms with E-state index >= 15 is 0 Å². The second-order valence-corrected chi connectivity index (χ2v) is 4.56. The van der Waals surface area contributed by atoms with Crippen LogP contribution in [0, 0.1) is 5.92 Å². The quantitative estimate of drug-likeness (QED) is 0.859. The Morgan fingerprint density at radius 3 is 3.07 bits per heavy atom. The molecule has 0 radical (unpaired) electrons. The molecule has 1 unspecified atom stereocenters. The maximum atomic E-state index is 6.14. The molecule has 0 fully saturated rings. The Bertz CT molecular complexity index is 346. The summed E-state index contributed by atoms with van der Waals surface area (Å²) >= 11 is 6.14. The Labute approximate surface area is 95.6 Å². The van der Waals surface area contributed by atoms with E-state index in [1.54, 1.807) is 0 Å². The van der Waals surface area contributed by atoms with Gasteiger partial charge in [-0.25, -0.2) is 4.98 Å². The molecule has 15 heavy (non-hydrogen) atoms. The van der Waals surface area contributed by atoms with Gasteiger partial charge in [-0.05, 0) is 31.7 Å². The summed E-state index contributed by atoms with van der Waals surface area (Å²) in [6, 6.07) is 0. The molecule has 0 aliphatic carbocycles. The number of nitrogens with zero attached hydrogens (tertiary/aromatic N) is 2. The zero-order valence-electron chi connectivity index (χ0n) is 9.17. The minimum Gasteiger partial charge on any atom is -0.331 e. The average Bonchev–Trinajstić information content (AvgIpc) is 2.56. The van der Waals surface area contributed by atoms with Crippen molar-refractivity contribution in [1.29, 1.82) is 0 Å². The number of hydrogen-bond acceptors (Lipinski definition) is 2. The van der Waals surface area contributed by atoms with Gasteiger partial charge >= 0.3 is 0 Å². The number of nitrogens with two attached hydrogens (primary N) is 1. The summed E-state index contributed by atoms with van der Waals surface area (Å²) in [5, 5.41) is 0.702. The van der Waals surface area contributed by atoms with Crippen molar-refractivity contribution in [3.8, 4) is 0 Å². The molecule has 0 bridgehead atoms. The lowest BCUT2D eigenvalue weighted by molar-refractivity contribution is 0.366. The number of fused-ring (bicyclic) bond motifs is 1. The maximum absolute atomic E-state index is 6.14. The van der Waals surface area contributed by atoms with Crippen molar-refractivity contribution in [1.82, 2.24) is 9.55 Å². The summed E-state index contributed by atoms with van der Waals surface area (Å²) < 4.78 is 2.29. The lowest BCUT2D eigenvalue weighted by atomic mass is 9.93. The third-order valence-electron chi connectivity index (χ3n) is 3.24. The smallest absolute Gasteiger partial charge is 0.150 e. The predicted octanol–water partition coefficient (Wildman–Crippen LogP) is 2.01. The van der Waals surface area contributed by atoms with E-state index in [2.05, 4.69) is 16.5 Å². The van der Waals surface area contributed by atoms with Gasteiger partial charge in [-0.15, -0.1) is 0 Å². The lowest BCUT2D eigenvalue weighted by Gasteiger charge is -2.24. The molecule has 2 N–H and O–H groups in total. The van der Waals surface area contributed by atoms with Crippen molar-refractivity contribution >= 4 is 11.6 Å². The predicted molar refractivity (Wildman–Crippen MR) is 62.1 cm³/mol. The van der Waals surface area contributed by atoms with Gasteiger partial charge in [0, 0.05) is 13.0 Å². The number of halogens is 1. The highest BCUT2D eigenvalue weighted by atomic mass is 35.5. The SMILES string of the molecule is CCc1nc(Cl)c2n1CCC(CCN)C2. The van der Waals surface area contributed by atoms with Gasteiger partial charge in [0.25, 0.3) is 0 Å². The summed E-state index contributed by atoms with van der Waals surface area (Å²) in [5.41, 5.74) is 6.81. The molecule has 0 saturated carbocycles. The summed E-state index contributed by atoms with van der Waals surface area (Å²) in [6.07, 6.45) is 4.32. The summed E-state index contributed by atoms with van der Waals surface area (Å²) in [6.45, 7) is 3.96. The number of hydrogen-bond donors (Lipinski definition) is 1. The monoisotopic (exact) mass is 227 g/mol. The fourth-order valence-corrected chi connectivity index (χ4v) is 2.68. The van der Waals surface area contributed by atoms with Crippen molar-refractivity contribution in [3.05, 3.63) is 16.7 Å². The van der Waals surface area contributed by atoms with Gasteiger partial charge in [0.1, 0.15) is 5.82 Å². The van der Waals surface area contributed by atoms with Gasteiger partial charge in [0.05, 0.1) is 5.69 Å². The van der Waals surface area contributed by atoms with Crippen molar-refractivity contribution in [2.75, 3.05) is 6.54 Å². The molecule has 2 heterocycles. The Hall–Kier alpha value is -0.540. The van der Waals surface area contributed by atoms with Crippen LogP contribution < -0.4 is 5.73 Å². The molecule has 3 nitrogen and oxygen atoms in total. The van der Waals surface area contributed by atoms with Crippen LogP contribution in [0.15, 0.2) is 0 Å². The van der Waals surface area contributed by atoms with Crippen LogP contribution in [-0.2, 0) is 19.4 Å². The molecule has 0 aromatic carbocycles. The normalized spacial score (nSPS) is 20.3. The molecule has 0 spiro atoms. The zero-order chi connectivity index (χ0) is 10.8. The highest BCUT2D eigenvalue weighted by molar-refractivity contribution is 6.30. The van der Waals surface area contributed by atoms with Crippen LogP contribution in [0.2, 0.25) is 5.15 Å². The largest absolute Gasteiger partial charge is 0.331 e. The number of aromatic nitrogens is 2. The van der Waals surface area contributed by atoms with Crippen molar-refractivity contribution in [3.63, 3.8) is 0 Å². The maximum Gasteiger partial charge on any atom is 0.150 e. The summed E-state index contributed by atoms with van der Waals surface area (Å²) in [7, 11) is 0. The average molecular weight is 228 g/mol. The van der Waals surface area contributed by atoms with Gasteiger partial charge in [-0.1, -0.05) is 18.5 Å². The van der Waals surface area contributed by atoms with Crippen LogP contribution in [0.25, 0.3) is 0 Å². The standard InChI is InChI=1S/C11H18ClN3/c1-2-10-14-11(12)9-7-8(3-5-13)4-6-15(9)10/h8H,2-7,13H2,1H3. The van der Waals surface area contributed by atoms with Crippen molar-refractivity contribution in [2.24, 2.45) is 11.7 Å². The molecular weight excluding hydrogens is 210 g/mol. The van der Waals surface area contributed by atoms with E-state index in [9.17, 15) is 0 Å². The molecule has 0 amide bonds. The molecular formula is C11H18ClN3. The fourth-order valence-electron chi connectivity index (χ4n) is 2.40. The number of rotatable bonds is 3. The first kappa shape index (κ1) is 11.0. The highest BCUT2D eigenvalue weighted by Crippen LogP contribution is 2.29. The van der Waals surface area contributed by atoms with Gasteiger partial charge in [0.15, 0.2) is 5.15 Å². The summed E-state index contributed by atoms with van der Waals surface area (Å²) in [5.74, 6) is 1.82. The van der Waals surface area contributed by atoms with Crippen LogP contribution in [0.5, 0.6) is 0 Å². The van der Waals surface area contributed by atoms with Crippen LogP contribution in [0.3, 0.4) is 0 Å². The lowest BCUT2D eigenvalue weighted by Crippen LogP contribution is -2.22. The first-order chi connectivity index (χ1) is 7.26. The highest BCUT2D eigenvalue weighted by Gasteiger charge is 2.23. The van der Waals surface area contributed by atoms with Gasteiger partial charge in [-0.3, -0.25) is 0 Å². The fraction of sp³-hybridized carbons (Fsp3) is 0.727. The van der Waals surface area contributed by atoms with Gasteiger partial charge in [0.2, 0.25) is 0 Å². The number of imidazole rings is 1. The Kier molecular flexibility index (Phi) is 3.32. The van der Waals surface area contributed by atoms with Gasteiger partial charge < -0.3 is 10.3 Å². The topological polar surface area (TPSA) is 43.8 Å². The van der Waals surface area contributed by atoms with E-state index in [4.69, 9.17) is 17.3 Å². The Morgan fingerprint density at radius 2 is 2.40 bits per heavy atom. The van der Waals surface area contributed by atoms with Crippen LogP contribution in [-0.4, -0.2) is 16.1 Å². The van der Waals surface area contributed by atoms with Crippen LogP contribution >= 0.6 is 11.6 Å². The van der Waals surface area contributed by atoms with E-state index in [0.717, 1.165) is 38.2 Å². The first-order valence-corrected chi connectivity index (χ1v) is 6.07. The van der Waals surface area contributed by atoms with E-state index < -0.39 is 0 Å². The van der Waals surface area contributed by atoms with Crippen LogP contribution in [0.4, 0.5) is 0 Å². The second kappa shape index (κ2) is 4.54. The second-order valence-electron chi connectivity index (χ2n) is 4.21. The molecule has 84 valence electrons. The molecule has 1 aromatic rings. The molecule has 4 heteroatoms. The van der Waals surface area contributed by atoms with E-state index in [1.807, 2.05) is 0 Å². The van der Waals surface area contributed by atoms with E-state index in [1.165, 1.54) is 12.1 Å². The molecule has 2 rings (SSSR count). The Morgan fingerprint density at radius 1 is 1.60 bits per heavy atom. The molecule has 0 saturated heterocycles. The van der Waals surface area contributed by atoms with Crippen molar-refractivity contribution < 1.29 is 0 Å². The van der Waals surface area contributed by atoms with Gasteiger partial charge in [-0.2, -0.15) is 0 Å². The van der Waals surface area contributed by atoms with E-state index in [-0.39, 0.29) is 0 Å². The van der Waals surface area contributed by atoms with Crippen molar-refractivity contribution in [2.45, 2.75) is 39.2 Å². The molecule has 1 aromatic heterocycles. The minimum atomic E-state index is 0.696. The third kappa shape index (κ3) is 2.04. The summed E-state index contributed by atoms with van der Waals surface area (Å²) in [4.78, 5) is 4.40. The minimum absolute atomic E-state index is 0.696. The Balaban J connectivity index is 2.22. The first-order valence-electron chi connectivity index (χ1n) is 5.70. The molecule has 1 aliphatic rings. The zero-order valence-corrected chi connectivity index (χ0v) is 9.93. The van der Waals surface area contributed by atoms with Crippen LogP contribution in [0.1, 0.15) is 31.3 Å². The number of aryl methyl sites for hydroxylation is 1.